The zero-order chi connectivity index (χ0) is 17.1. The van der Waals surface area contributed by atoms with Crippen LogP contribution in [0.3, 0.4) is 0 Å². The van der Waals surface area contributed by atoms with E-state index >= 15 is 0 Å². The maximum atomic E-state index is 12.3. The van der Waals surface area contributed by atoms with Gasteiger partial charge in [0.1, 0.15) is 6.33 Å². The summed E-state index contributed by atoms with van der Waals surface area (Å²) in [4.78, 5) is 25.8. The highest BCUT2D eigenvalue weighted by Crippen LogP contribution is 2.26. The Kier molecular flexibility index (Phi) is 4.59. The Morgan fingerprint density at radius 2 is 2.17 bits per heavy atom. The first-order valence-corrected chi connectivity index (χ1v) is 8.08. The van der Waals surface area contributed by atoms with Crippen molar-refractivity contribution in [2.24, 2.45) is 7.05 Å². The van der Waals surface area contributed by atoms with Crippen molar-refractivity contribution in [3.63, 3.8) is 0 Å². The fourth-order valence-corrected chi connectivity index (χ4v) is 2.93. The fourth-order valence-electron chi connectivity index (χ4n) is 2.93. The van der Waals surface area contributed by atoms with Crippen molar-refractivity contribution < 1.29 is 9.59 Å². The normalized spacial score (nSPS) is 14.8. The predicted octanol–water partition coefficient (Wildman–Crippen LogP) is 1.74. The van der Waals surface area contributed by atoms with Gasteiger partial charge >= 0.3 is 0 Å². The second kappa shape index (κ2) is 6.82. The molecular weight excluding hydrogens is 306 g/mol. The Balaban J connectivity index is 1.74. The van der Waals surface area contributed by atoms with Crippen molar-refractivity contribution >= 4 is 17.5 Å². The molecule has 0 radical (unpaired) electrons. The maximum absolute atomic E-state index is 12.3. The van der Waals surface area contributed by atoms with Gasteiger partial charge in [-0.15, -0.1) is 10.2 Å². The van der Waals surface area contributed by atoms with Gasteiger partial charge < -0.3 is 14.8 Å². The van der Waals surface area contributed by atoms with Crippen molar-refractivity contribution in [3.05, 3.63) is 30.1 Å². The van der Waals surface area contributed by atoms with E-state index in [1.165, 1.54) is 0 Å². The Bertz CT molecular complexity index is 768. The lowest BCUT2D eigenvalue weighted by atomic mass is 10.1. The van der Waals surface area contributed by atoms with Gasteiger partial charge in [-0.25, -0.2) is 0 Å². The summed E-state index contributed by atoms with van der Waals surface area (Å²) in [5, 5.41) is 10.9. The molecule has 0 spiro atoms. The molecule has 1 aliphatic heterocycles. The summed E-state index contributed by atoms with van der Waals surface area (Å²) in [6.07, 6.45) is 4.05. The lowest BCUT2D eigenvalue weighted by Gasteiger charge is -2.26. The molecule has 2 heterocycles. The summed E-state index contributed by atoms with van der Waals surface area (Å²) < 4.78 is 1.83. The van der Waals surface area contributed by atoms with Gasteiger partial charge in [0.15, 0.2) is 5.82 Å². The summed E-state index contributed by atoms with van der Waals surface area (Å²) >= 11 is 0. The number of aromatic nitrogens is 3. The topological polar surface area (TPSA) is 80.1 Å². The number of carbonyl (C=O) groups excluding carboxylic acids is 2. The van der Waals surface area contributed by atoms with E-state index in [9.17, 15) is 9.59 Å². The number of nitrogens with one attached hydrogen (secondary N) is 1. The van der Waals surface area contributed by atoms with Gasteiger partial charge in [-0.1, -0.05) is 12.1 Å². The third kappa shape index (κ3) is 3.29. The van der Waals surface area contributed by atoms with Gasteiger partial charge in [0.25, 0.3) is 0 Å². The molecule has 24 heavy (non-hydrogen) atoms. The number of aryl methyl sites for hydroxylation is 1. The molecular formula is C17H21N5O2. The average Bonchev–Trinajstić information content (AvgIpc) is 2.98. The first kappa shape index (κ1) is 16.2. The van der Waals surface area contributed by atoms with Crippen molar-refractivity contribution in [2.45, 2.75) is 26.2 Å². The summed E-state index contributed by atoms with van der Waals surface area (Å²) in [5.74, 6) is 0.624. The largest absolute Gasteiger partial charge is 0.333 e. The molecule has 1 aromatic heterocycles. The van der Waals surface area contributed by atoms with E-state index in [4.69, 9.17) is 0 Å². The predicted molar refractivity (Wildman–Crippen MR) is 90.2 cm³/mol. The zero-order valence-corrected chi connectivity index (χ0v) is 14.0. The van der Waals surface area contributed by atoms with Crippen LogP contribution in [0.4, 0.5) is 5.69 Å². The lowest BCUT2D eigenvalue weighted by Crippen LogP contribution is -2.40. The summed E-state index contributed by atoms with van der Waals surface area (Å²) in [6, 6.07) is 5.67. The highest BCUT2D eigenvalue weighted by atomic mass is 16.2. The van der Waals surface area contributed by atoms with Gasteiger partial charge in [-0.05, 0) is 31.4 Å². The highest BCUT2D eigenvalue weighted by molar-refractivity contribution is 5.96. The quantitative estimate of drug-likeness (QED) is 0.927. The molecule has 7 heteroatoms. The summed E-state index contributed by atoms with van der Waals surface area (Å²) in [6.45, 7) is 2.70. The van der Waals surface area contributed by atoms with E-state index in [-0.39, 0.29) is 18.4 Å². The monoisotopic (exact) mass is 327 g/mol. The Hall–Kier alpha value is -2.70. The van der Waals surface area contributed by atoms with Crippen molar-refractivity contribution in [1.29, 1.82) is 0 Å². The summed E-state index contributed by atoms with van der Waals surface area (Å²) in [5.41, 5.74) is 2.57. The second-order valence-corrected chi connectivity index (χ2v) is 6.06. The van der Waals surface area contributed by atoms with Gasteiger partial charge in [-0.2, -0.15) is 0 Å². The van der Waals surface area contributed by atoms with E-state index in [0.29, 0.717) is 13.0 Å². The third-order valence-electron chi connectivity index (χ3n) is 4.32. The first-order chi connectivity index (χ1) is 11.6. The van der Waals surface area contributed by atoms with E-state index in [2.05, 4.69) is 15.5 Å². The van der Waals surface area contributed by atoms with E-state index in [0.717, 1.165) is 35.5 Å². The minimum absolute atomic E-state index is 0.0564. The van der Waals surface area contributed by atoms with Crippen LogP contribution in [-0.2, 0) is 16.6 Å². The molecule has 2 aromatic rings. The molecule has 0 bridgehead atoms. The van der Waals surface area contributed by atoms with Crippen LogP contribution < -0.4 is 5.32 Å². The van der Waals surface area contributed by atoms with Gasteiger partial charge in [0.05, 0.1) is 6.54 Å². The van der Waals surface area contributed by atoms with Gasteiger partial charge in [0, 0.05) is 31.3 Å². The molecule has 1 saturated heterocycles. The Morgan fingerprint density at radius 3 is 2.88 bits per heavy atom. The second-order valence-electron chi connectivity index (χ2n) is 6.06. The molecule has 0 aliphatic carbocycles. The molecule has 1 aliphatic rings. The van der Waals surface area contributed by atoms with E-state index < -0.39 is 0 Å². The van der Waals surface area contributed by atoms with Crippen LogP contribution in [0.5, 0.6) is 0 Å². The van der Waals surface area contributed by atoms with Crippen LogP contribution in [0.15, 0.2) is 24.5 Å². The Labute approximate surface area is 140 Å². The van der Waals surface area contributed by atoms with Crippen LogP contribution in [-0.4, -0.2) is 44.6 Å². The number of hydrogen-bond acceptors (Lipinski definition) is 4. The van der Waals surface area contributed by atoms with Crippen LogP contribution in [0.25, 0.3) is 11.4 Å². The number of piperidine rings is 1. The van der Waals surface area contributed by atoms with Crippen LogP contribution >= 0.6 is 0 Å². The number of amides is 2. The molecule has 1 aromatic carbocycles. The minimum atomic E-state index is -0.177. The molecule has 1 fully saturated rings. The van der Waals surface area contributed by atoms with E-state index in [1.807, 2.05) is 36.7 Å². The van der Waals surface area contributed by atoms with Crippen molar-refractivity contribution in [3.8, 4) is 11.4 Å². The zero-order valence-electron chi connectivity index (χ0n) is 14.0. The van der Waals surface area contributed by atoms with Gasteiger partial charge in [0.2, 0.25) is 11.8 Å². The molecule has 126 valence electrons. The van der Waals surface area contributed by atoms with Crippen LogP contribution in [0.2, 0.25) is 0 Å². The smallest absolute Gasteiger partial charge is 0.244 e. The lowest BCUT2D eigenvalue weighted by molar-refractivity contribution is -0.136. The van der Waals surface area contributed by atoms with Crippen molar-refractivity contribution in [2.75, 3.05) is 18.4 Å². The number of nitrogens with zero attached hydrogens (tertiary/aromatic N) is 4. The van der Waals surface area contributed by atoms with Crippen molar-refractivity contribution in [1.82, 2.24) is 19.7 Å². The highest BCUT2D eigenvalue weighted by Gasteiger charge is 2.21. The molecule has 0 atom stereocenters. The summed E-state index contributed by atoms with van der Waals surface area (Å²) in [7, 11) is 1.88. The van der Waals surface area contributed by atoms with Crippen LogP contribution in [0.1, 0.15) is 24.8 Å². The number of benzene rings is 1. The molecule has 2 amide bonds. The third-order valence-corrected chi connectivity index (χ3v) is 4.32. The SMILES string of the molecule is Cc1c(NC(=O)CN2CCCCC2=O)cccc1-c1nncn1C. The Morgan fingerprint density at radius 1 is 1.33 bits per heavy atom. The molecule has 0 unspecified atom stereocenters. The van der Waals surface area contributed by atoms with Crippen LogP contribution in [0, 0.1) is 6.92 Å². The maximum Gasteiger partial charge on any atom is 0.244 e. The fraction of sp³-hybridized carbons (Fsp3) is 0.412. The molecule has 7 nitrogen and oxygen atoms in total. The molecule has 3 rings (SSSR count). The molecule has 1 N–H and O–H groups in total. The first-order valence-electron chi connectivity index (χ1n) is 8.08. The number of carbonyl (C=O) groups is 2. The number of likely N-dealkylation sites (tertiary alicyclic amines) is 1. The minimum Gasteiger partial charge on any atom is -0.333 e. The van der Waals surface area contributed by atoms with E-state index in [1.54, 1.807) is 11.2 Å². The number of anilines is 1. The van der Waals surface area contributed by atoms with Gasteiger partial charge in [-0.3, -0.25) is 9.59 Å². The average molecular weight is 327 g/mol. The molecule has 0 saturated carbocycles. The standard InChI is InChI=1S/C17H21N5O2/c1-12-13(17-20-18-11-21(17)2)6-5-7-14(12)19-15(23)10-22-9-4-3-8-16(22)24/h5-7,11H,3-4,8-10H2,1-2H3,(H,19,23). The number of rotatable bonds is 4. The number of hydrogen-bond donors (Lipinski definition) is 1.